The number of rotatable bonds is 3. The molecule has 0 aliphatic carbocycles. The van der Waals surface area contributed by atoms with Crippen LogP contribution in [0.3, 0.4) is 0 Å². The van der Waals surface area contributed by atoms with Crippen LogP contribution < -0.4 is 5.32 Å². The summed E-state index contributed by atoms with van der Waals surface area (Å²) < 4.78 is 2.00. The number of fused-ring (bicyclic) bond motifs is 1. The minimum absolute atomic E-state index is 0.285. The number of aromatic nitrogens is 3. The summed E-state index contributed by atoms with van der Waals surface area (Å²) in [5, 5.41) is 11.9. The van der Waals surface area contributed by atoms with Crippen molar-refractivity contribution in [3.05, 3.63) is 12.2 Å². The number of nitrogens with zero attached hydrogens (tertiary/aromatic N) is 4. The molecule has 3 unspecified atom stereocenters. The smallest absolute Gasteiger partial charge is 0.149 e. The van der Waals surface area contributed by atoms with Crippen LogP contribution in [-0.4, -0.2) is 44.8 Å². The van der Waals surface area contributed by atoms with Gasteiger partial charge in [-0.05, 0) is 32.7 Å². The molecule has 1 aromatic heterocycles. The molecule has 3 atom stereocenters. The maximum Gasteiger partial charge on any atom is 0.149 e. The van der Waals surface area contributed by atoms with Crippen molar-refractivity contribution in [3.8, 4) is 0 Å². The van der Waals surface area contributed by atoms with Gasteiger partial charge in [-0.15, -0.1) is 10.2 Å². The van der Waals surface area contributed by atoms with E-state index in [0.29, 0.717) is 6.04 Å². The van der Waals surface area contributed by atoms with Crippen molar-refractivity contribution in [3.63, 3.8) is 0 Å². The van der Waals surface area contributed by atoms with Crippen LogP contribution in [0.1, 0.15) is 38.1 Å². The van der Waals surface area contributed by atoms with Crippen LogP contribution in [0, 0.1) is 0 Å². The van der Waals surface area contributed by atoms with Gasteiger partial charge in [0.2, 0.25) is 0 Å². The summed E-state index contributed by atoms with van der Waals surface area (Å²) in [6.07, 6.45) is 5.75. The lowest BCUT2D eigenvalue weighted by atomic mass is 10.1. The van der Waals surface area contributed by atoms with E-state index in [0.717, 1.165) is 11.9 Å². The molecule has 0 bridgehead atoms. The zero-order valence-electron chi connectivity index (χ0n) is 10.6. The summed E-state index contributed by atoms with van der Waals surface area (Å²) in [4.78, 5) is 2.63. The molecule has 1 N–H and O–H groups in total. The molecule has 2 saturated heterocycles. The quantitative estimate of drug-likeness (QED) is 0.838. The molecule has 0 aromatic carbocycles. The third kappa shape index (κ3) is 1.98. The molecule has 3 heterocycles. The summed E-state index contributed by atoms with van der Waals surface area (Å²) in [6.45, 7) is 4.73. The highest BCUT2D eigenvalue weighted by Crippen LogP contribution is 2.29. The molecule has 2 aliphatic rings. The average Bonchev–Trinajstić information content (AvgIpc) is 2.96. The Kier molecular flexibility index (Phi) is 2.88. The molecule has 17 heavy (non-hydrogen) atoms. The molecule has 5 heteroatoms. The van der Waals surface area contributed by atoms with Gasteiger partial charge in [0, 0.05) is 25.7 Å². The molecule has 5 nitrogen and oxygen atoms in total. The molecule has 0 amide bonds. The van der Waals surface area contributed by atoms with E-state index in [1.165, 1.54) is 32.4 Å². The summed E-state index contributed by atoms with van der Waals surface area (Å²) in [5.41, 5.74) is 0. The molecular weight excluding hydrogens is 214 g/mol. The van der Waals surface area contributed by atoms with Crippen molar-refractivity contribution in [1.82, 2.24) is 25.0 Å². The van der Waals surface area contributed by atoms with Gasteiger partial charge in [-0.25, -0.2) is 0 Å². The summed E-state index contributed by atoms with van der Waals surface area (Å²) in [7, 11) is 2.00. The SMILES string of the molecule is CC(NC1CCN2CCCC12)c1nncn1C. The van der Waals surface area contributed by atoms with Crippen molar-refractivity contribution in [2.24, 2.45) is 7.05 Å². The van der Waals surface area contributed by atoms with Gasteiger partial charge in [0.1, 0.15) is 12.2 Å². The van der Waals surface area contributed by atoms with Gasteiger partial charge >= 0.3 is 0 Å². The zero-order chi connectivity index (χ0) is 11.8. The first-order chi connectivity index (χ1) is 8.25. The van der Waals surface area contributed by atoms with Crippen LogP contribution in [0.15, 0.2) is 6.33 Å². The molecule has 2 fully saturated rings. The van der Waals surface area contributed by atoms with Crippen molar-refractivity contribution < 1.29 is 0 Å². The summed E-state index contributed by atoms with van der Waals surface area (Å²) in [6, 6.07) is 1.67. The number of hydrogen-bond donors (Lipinski definition) is 1. The second-order valence-electron chi connectivity index (χ2n) is 5.33. The fourth-order valence-electron chi connectivity index (χ4n) is 3.36. The molecule has 0 spiro atoms. The predicted molar refractivity (Wildman–Crippen MR) is 65.6 cm³/mol. The second kappa shape index (κ2) is 4.38. The van der Waals surface area contributed by atoms with E-state index in [2.05, 4.69) is 27.3 Å². The lowest BCUT2D eigenvalue weighted by molar-refractivity contribution is 0.289. The lowest BCUT2D eigenvalue weighted by Gasteiger charge is -2.24. The minimum Gasteiger partial charge on any atom is -0.319 e. The highest BCUT2D eigenvalue weighted by Gasteiger charge is 2.37. The van der Waals surface area contributed by atoms with E-state index in [1.807, 2.05) is 11.6 Å². The largest absolute Gasteiger partial charge is 0.319 e. The Balaban J connectivity index is 1.65. The highest BCUT2D eigenvalue weighted by atomic mass is 15.3. The van der Waals surface area contributed by atoms with E-state index >= 15 is 0 Å². The molecule has 1 aromatic rings. The van der Waals surface area contributed by atoms with Crippen LogP contribution >= 0.6 is 0 Å². The van der Waals surface area contributed by atoms with Crippen molar-refractivity contribution in [2.75, 3.05) is 13.1 Å². The zero-order valence-corrected chi connectivity index (χ0v) is 10.6. The van der Waals surface area contributed by atoms with Gasteiger partial charge in [0.15, 0.2) is 0 Å². The van der Waals surface area contributed by atoms with E-state index in [9.17, 15) is 0 Å². The van der Waals surface area contributed by atoms with Gasteiger partial charge < -0.3 is 9.88 Å². The van der Waals surface area contributed by atoms with Crippen molar-refractivity contribution in [1.29, 1.82) is 0 Å². The van der Waals surface area contributed by atoms with Gasteiger partial charge in [-0.1, -0.05) is 0 Å². The maximum absolute atomic E-state index is 4.18. The average molecular weight is 235 g/mol. The fraction of sp³-hybridized carbons (Fsp3) is 0.833. The van der Waals surface area contributed by atoms with Crippen molar-refractivity contribution >= 4 is 0 Å². The van der Waals surface area contributed by atoms with Crippen LogP contribution in [0.25, 0.3) is 0 Å². The minimum atomic E-state index is 0.285. The van der Waals surface area contributed by atoms with E-state index in [1.54, 1.807) is 6.33 Å². The molecule has 94 valence electrons. The van der Waals surface area contributed by atoms with E-state index in [-0.39, 0.29) is 6.04 Å². The Morgan fingerprint density at radius 1 is 1.41 bits per heavy atom. The second-order valence-corrected chi connectivity index (χ2v) is 5.33. The first kappa shape index (κ1) is 11.2. The molecule has 0 saturated carbocycles. The normalized spacial score (nSPS) is 30.7. The van der Waals surface area contributed by atoms with Gasteiger partial charge in [-0.2, -0.15) is 0 Å². The Morgan fingerprint density at radius 3 is 3.06 bits per heavy atom. The monoisotopic (exact) mass is 235 g/mol. The van der Waals surface area contributed by atoms with E-state index in [4.69, 9.17) is 0 Å². The summed E-state index contributed by atoms with van der Waals surface area (Å²) in [5.74, 6) is 1.03. The van der Waals surface area contributed by atoms with Crippen LogP contribution in [-0.2, 0) is 7.05 Å². The van der Waals surface area contributed by atoms with E-state index < -0.39 is 0 Å². The Bertz CT molecular complexity index is 388. The number of hydrogen-bond acceptors (Lipinski definition) is 4. The molecule has 3 rings (SSSR count). The fourth-order valence-corrected chi connectivity index (χ4v) is 3.36. The molecular formula is C12H21N5. The maximum atomic E-state index is 4.18. The number of aryl methyl sites for hydroxylation is 1. The van der Waals surface area contributed by atoms with Crippen molar-refractivity contribution in [2.45, 2.75) is 44.3 Å². The third-order valence-electron chi connectivity index (χ3n) is 4.20. The van der Waals surface area contributed by atoms with Crippen LogP contribution in [0.2, 0.25) is 0 Å². The first-order valence-electron chi connectivity index (χ1n) is 6.59. The predicted octanol–water partition coefficient (Wildman–Crippen LogP) is 0.702. The van der Waals surface area contributed by atoms with Gasteiger partial charge in [-0.3, -0.25) is 4.90 Å². The summed E-state index contributed by atoms with van der Waals surface area (Å²) >= 11 is 0. The standard InChI is InChI=1S/C12H21N5/c1-9(12-15-13-8-16(12)2)14-10-5-7-17-6-3-4-11(10)17/h8-11,14H,3-7H2,1-2H3. The highest BCUT2D eigenvalue weighted by molar-refractivity contribution is 5.00. The molecule has 2 aliphatic heterocycles. The molecule has 0 radical (unpaired) electrons. The Labute approximate surface area is 102 Å². The Hall–Kier alpha value is -0.940. The van der Waals surface area contributed by atoms with Gasteiger partial charge in [0.25, 0.3) is 0 Å². The Morgan fingerprint density at radius 2 is 2.29 bits per heavy atom. The first-order valence-corrected chi connectivity index (χ1v) is 6.59. The van der Waals surface area contributed by atoms with Gasteiger partial charge in [0.05, 0.1) is 6.04 Å². The topological polar surface area (TPSA) is 46.0 Å². The lowest BCUT2D eigenvalue weighted by Crippen LogP contribution is -2.40. The number of nitrogens with one attached hydrogen (secondary N) is 1. The third-order valence-corrected chi connectivity index (χ3v) is 4.20. The van der Waals surface area contributed by atoms with Crippen LogP contribution in [0.4, 0.5) is 0 Å². The van der Waals surface area contributed by atoms with Crippen LogP contribution in [0.5, 0.6) is 0 Å².